The Balaban J connectivity index is 1.76. The van der Waals surface area contributed by atoms with Gasteiger partial charge in [0.05, 0.1) is 16.1 Å². The van der Waals surface area contributed by atoms with E-state index < -0.39 is 10.3 Å². The second-order valence-electron chi connectivity index (χ2n) is 9.05. The molecular formula is C27H26N2O4. The summed E-state index contributed by atoms with van der Waals surface area (Å²) in [6.07, 6.45) is 1.60. The Morgan fingerprint density at radius 3 is 2.48 bits per heavy atom. The molecule has 4 rings (SSSR count). The second-order valence-corrected chi connectivity index (χ2v) is 9.05. The van der Waals surface area contributed by atoms with Crippen LogP contribution in [-0.4, -0.2) is 20.4 Å². The minimum absolute atomic E-state index is 0.000286. The predicted molar refractivity (Wildman–Crippen MR) is 130 cm³/mol. The summed E-state index contributed by atoms with van der Waals surface area (Å²) in [5.74, 6) is -0.285. The maximum Gasteiger partial charge on any atom is 0.269 e. The highest BCUT2D eigenvalue weighted by molar-refractivity contribution is 6.40. The zero-order chi connectivity index (χ0) is 24.2. The molecule has 0 atom stereocenters. The zero-order valence-electron chi connectivity index (χ0n) is 19.4. The maximum atomic E-state index is 13.2. The standard InChI is InChI=1S/C27H26N2O4/c1-15-11-12-18(29(32)33)14-21(15)27(4,5)16(2)13-20-25(30)24(26(20)31)23-17(3)28(6)22-10-8-7-9-19(22)23/h7-14,30H,2H2,1,3-6H3/b20-13-. The van der Waals surface area contributed by atoms with Gasteiger partial charge < -0.3 is 9.67 Å². The zero-order valence-corrected chi connectivity index (χ0v) is 19.4. The number of ketones is 1. The smallest absolute Gasteiger partial charge is 0.269 e. The highest BCUT2D eigenvalue weighted by atomic mass is 16.6. The van der Waals surface area contributed by atoms with E-state index in [-0.39, 0.29) is 22.8 Å². The Morgan fingerprint density at radius 2 is 1.85 bits per heavy atom. The summed E-state index contributed by atoms with van der Waals surface area (Å²) in [6, 6.07) is 12.5. The van der Waals surface area contributed by atoms with Crippen LogP contribution in [0.2, 0.25) is 0 Å². The molecule has 1 aliphatic rings. The fourth-order valence-corrected chi connectivity index (χ4v) is 4.55. The number of aromatic nitrogens is 1. The van der Waals surface area contributed by atoms with E-state index in [1.54, 1.807) is 18.2 Å². The van der Waals surface area contributed by atoms with Crippen molar-refractivity contribution in [3.05, 3.63) is 105 Å². The molecule has 168 valence electrons. The number of Topliss-reactive ketones (excluding diaryl/α,β-unsaturated/α-hetero) is 1. The molecule has 1 aliphatic carbocycles. The van der Waals surface area contributed by atoms with E-state index >= 15 is 0 Å². The van der Waals surface area contributed by atoms with Gasteiger partial charge in [-0.05, 0) is 42.7 Å². The Labute approximate surface area is 192 Å². The molecule has 2 aromatic carbocycles. The molecule has 0 saturated heterocycles. The van der Waals surface area contributed by atoms with Crippen molar-refractivity contribution in [1.29, 1.82) is 0 Å². The quantitative estimate of drug-likeness (QED) is 0.298. The van der Waals surface area contributed by atoms with Crippen molar-refractivity contribution in [3.63, 3.8) is 0 Å². The molecule has 0 radical (unpaired) electrons. The van der Waals surface area contributed by atoms with Gasteiger partial charge >= 0.3 is 0 Å². The molecule has 6 nitrogen and oxygen atoms in total. The average Bonchev–Trinajstić information content (AvgIpc) is 3.02. The molecule has 0 fully saturated rings. The highest BCUT2D eigenvalue weighted by Gasteiger charge is 2.38. The van der Waals surface area contributed by atoms with Crippen LogP contribution in [0, 0.1) is 24.0 Å². The maximum absolute atomic E-state index is 13.2. The van der Waals surface area contributed by atoms with Gasteiger partial charge in [-0.3, -0.25) is 14.9 Å². The number of fused-ring (bicyclic) bond motifs is 1. The van der Waals surface area contributed by atoms with Crippen LogP contribution in [0.5, 0.6) is 0 Å². The van der Waals surface area contributed by atoms with Crippen molar-refractivity contribution < 1.29 is 14.8 Å². The molecule has 0 bridgehead atoms. The number of nitro groups is 1. The van der Waals surface area contributed by atoms with Crippen molar-refractivity contribution in [2.45, 2.75) is 33.1 Å². The molecule has 0 unspecified atom stereocenters. The van der Waals surface area contributed by atoms with Crippen LogP contribution in [0.25, 0.3) is 16.5 Å². The van der Waals surface area contributed by atoms with Crippen molar-refractivity contribution in [2.24, 2.45) is 7.05 Å². The first kappa shape index (κ1) is 22.3. The summed E-state index contributed by atoms with van der Waals surface area (Å²) in [5.41, 5.74) is 4.68. The first-order valence-electron chi connectivity index (χ1n) is 10.7. The van der Waals surface area contributed by atoms with Crippen LogP contribution in [-0.2, 0) is 17.3 Å². The number of allylic oxidation sites excluding steroid dienone is 4. The number of hydrogen-bond acceptors (Lipinski definition) is 4. The van der Waals surface area contributed by atoms with Crippen molar-refractivity contribution in [3.8, 4) is 0 Å². The monoisotopic (exact) mass is 442 g/mol. The summed E-state index contributed by atoms with van der Waals surface area (Å²) >= 11 is 0. The SMILES string of the molecule is C=C(/C=C1\C(=O)C(c2c(C)n(C)c3ccccc23)=C1O)C(C)(C)c1cc([N+](=O)[O-])ccc1C. The molecule has 3 aromatic rings. The third-order valence-corrected chi connectivity index (χ3v) is 6.84. The first-order valence-corrected chi connectivity index (χ1v) is 10.7. The minimum Gasteiger partial charge on any atom is -0.506 e. The molecule has 1 N–H and O–H groups in total. The lowest BCUT2D eigenvalue weighted by Gasteiger charge is -2.30. The van der Waals surface area contributed by atoms with Crippen LogP contribution in [0.4, 0.5) is 5.69 Å². The Hall–Kier alpha value is -3.93. The number of nitrogens with zero attached hydrogens (tertiary/aromatic N) is 2. The Morgan fingerprint density at radius 1 is 1.18 bits per heavy atom. The number of aliphatic hydroxyl groups is 1. The van der Waals surface area contributed by atoms with Gasteiger partial charge in [-0.15, -0.1) is 0 Å². The molecule has 6 heteroatoms. The summed E-state index contributed by atoms with van der Waals surface area (Å²) in [6.45, 7) is 11.8. The second kappa shape index (κ2) is 7.59. The van der Waals surface area contributed by atoms with E-state index in [4.69, 9.17) is 0 Å². The Kier molecular flexibility index (Phi) is 5.12. The first-order chi connectivity index (χ1) is 15.5. The number of non-ortho nitro benzene ring substituents is 1. The van der Waals surface area contributed by atoms with E-state index in [1.807, 2.05) is 63.6 Å². The number of aliphatic hydroxyl groups excluding tert-OH is 1. The normalized spacial score (nSPS) is 15.3. The van der Waals surface area contributed by atoms with Gasteiger partial charge in [0.25, 0.3) is 5.69 Å². The number of carbonyl (C=O) groups is 1. The molecule has 0 spiro atoms. The predicted octanol–water partition coefficient (Wildman–Crippen LogP) is 6.02. The fourth-order valence-electron chi connectivity index (χ4n) is 4.55. The highest BCUT2D eigenvalue weighted by Crippen LogP contribution is 2.43. The molecular weight excluding hydrogens is 416 g/mol. The molecule has 0 saturated carbocycles. The lowest BCUT2D eigenvalue weighted by Crippen LogP contribution is -2.25. The van der Waals surface area contributed by atoms with Gasteiger partial charge in [0.1, 0.15) is 5.76 Å². The third-order valence-electron chi connectivity index (χ3n) is 6.84. The number of rotatable bonds is 5. The van der Waals surface area contributed by atoms with Gasteiger partial charge in [0.2, 0.25) is 5.78 Å². The summed E-state index contributed by atoms with van der Waals surface area (Å²) in [4.78, 5) is 24.0. The lowest BCUT2D eigenvalue weighted by molar-refractivity contribution is -0.385. The molecule has 0 aliphatic heterocycles. The topological polar surface area (TPSA) is 85.4 Å². The molecule has 1 heterocycles. The summed E-state index contributed by atoms with van der Waals surface area (Å²) < 4.78 is 2.01. The van der Waals surface area contributed by atoms with Gasteiger partial charge in [0.15, 0.2) is 0 Å². The van der Waals surface area contributed by atoms with Gasteiger partial charge in [-0.2, -0.15) is 0 Å². The largest absolute Gasteiger partial charge is 0.506 e. The van der Waals surface area contributed by atoms with Crippen molar-refractivity contribution >= 4 is 27.9 Å². The van der Waals surface area contributed by atoms with Crippen LogP contribution >= 0.6 is 0 Å². The number of carbonyl (C=O) groups excluding carboxylic acids is 1. The average molecular weight is 443 g/mol. The van der Waals surface area contributed by atoms with E-state index in [2.05, 4.69) is 6.58 Å². The number of hydrogen-bond donors (Lipinski definition) is 1. The van der Waals surface area contributed by atoms with Crippen LogP contribution in [0.15, 0.2) is 72.0 Å². The van der Waals surface area contributed by atoms with Crippen LogP contribution in [0.3, 0.4) is 0 Å². The third kappa shape index (κ3) is 3.30. The van der Waals surface area contributed by atoms with E-state index in [1.165, 1.54) is 6.07 Å². The fraction of sp³-hybridized carbons (Fsp3) is 0.222. The minimum atomic E-state index is -0.686. The van der Waals surface area contributed by atoms with E-state index in [0.29, 0.717) is 11.1 Å². The van der Waals surface area contributed by atoms with Gasteiger partial charge in [0, 0.05) is 46.8 Å². The molecule has 33 heavy (non-hydrogen) atoms. The van der Waals surface area contributed by atoms with Crippen molar-refractivity contribution in [2.75, 3.05) is 0 Å². The summed E-state index contributed by atoms with van der Waals surface area (Å²) in [7, 11) is 1.93. The number of para-hydroxylation sites is 1. The Bertz CT molecular complexity index is 1430. The van der Waals surface area contributed by atoms with Crippen LogP contribution in [0.1, 0.15) is 36.2 Å². The van der Waals surface area contributed by atoms with Gasteiger partial charge in [-0.25, -0.2) is 0 Å². The lowest BCUT2D eigenvalue weighted by atomic mass is 9.73. The summed E-state index contributed by atoms with van der Waals surface area (Å²) in [5, 5.41) is 23.1. The number of benzene rings is 2. The van der Waals surface area contributed by atoms with Crippen molar-refractivity contribution in [1.82, 2.24) is 4.57 Å². The van der Waals surface area contributed by atoms with E-state index in [9.17, 15) is 20.0 Å². The molecule has 0 amide bonds. The number of nitro benzene ring substituents is 1. The van der Waals surface area contributed by atoms with Gasteiger partial charge in [-0.1, -0.05) is 44.7 Å². The van der Waals surface area contributed by atoms with Crippen LogP contribution < -0.4 is 0 Å². The molecule has 1 aromatic heterocycles. The van der Waals surface area contributed by atoms with E-state index in [0.717, 1.165) is 33.3 Å². The number of aryl methyl sites for hydroxylation is 2.